The highest BCUT2D eigenvalue weighted by atomic mass is 32.2. The van der Waals surface area contributed by atoms with Crippen LogP contribution < -0.4 is 15.0 Å². The van der Waals surface area contributed by atoms with E-state index in [2.05, 4.69) is 5.32 Å². The van der Waals surface area contributed by atoms with Crippen molar-refractivity contribution in [2.75, 3.05) is 17.3 Å². The van der Waals surface area contributed by atoms with Gasteiger partial charge < -0.3 is 10.1 Å². The van der Waals surface area contributed by atoms with Crippen LogP contribution in [0, 0.1) is 22.7 Å². The minimum Gasteiger partial charge on any atom is -0.495 e. The van der Waals surface area contributed by atoms with E-state index in [1.807, 2.05) is 18.2 Å². The molecule has 144 valence electrons. The first-order valence-electron chi connectivity index (χ1n) is 8.62. The molecule has 0 saturated carbocycles. The van der Waals surface area contributed by atoms with Gasteiger partial charge in [-0.2, -0.15) is 10.5 Å². The van der Waals surface area contributed by atoms with Gasteiger partial charge in [-0.05, 0) is 24.3 Å². The van der Waals surface area contributed by atoms with E-state index in [0.29, 0.717) is 17.1 Å². The largest absolute Gasteiger partial charge is 0.495 e. The Hall–Kier alpha value is -3.75. The summed E-state index contributed by atoms with van der Waals surface area (Å²) in [7, 11) is 1.47. The summed E-state index contributed by atoms with van der Waals surface area (Å²) >= 11 is 0.999. The van der Waals surface area contributed by atoms with Gasteiger partial charge in [0, 0.05) is 12.1 Å². The Kier molecular flexibility index (Phi) is 6.18. The number of para-hydroxylation sites is 3. The summed E-state index contributed by atoms with van der Waals surface area (Å²) in [6.45, 7) is 0. The van der Waals surface area contributed by atoms with Crippen LogP contribution in [0.15, 0.2) is 65.2 Å². The van der Waals surface area contributed by atoms with Gasteiger partial charge in [-0.1, -0.05) is 42.1 Å². The maximum Gasteiger partial charge on any atom is 0.247 e. The zero-order chi connectivity index (χ0) is 20.8. The highest BCUT2D eigenvalue weighted by molar-refractivity contribution is 8.04. The van der Waals surface area contributed by atoms with Crippen molar-refractivity contribution >= 4 is 35.0 Å². The van der Waals surface area contributed by atoms with Crippen LogP contribution in [0.1, 0.15) is 6.42 Å². The number of allylic oxidation sites excluding steroid dienone is 1. The lowest BCUT2D eigenvalue weighted by Gasteiger charge is -2.18. The van der Waals surface area contributed by atoms with Gasteiger partial charge in [-0.3, -0.25) is 9.59 Å². The van der Waals surface area contributed by atoms with Gasteiger partial charge in [0.25, 0.3) is 0 Å². The maximum absolute atomic E-state index is 13.0. The van der Waals surface area contributed by atoms with Crippen LogP contribution in [0.25, 0.3) is 0 Å². The van der Waals surface area contributed by atoms with Crippen molar-refractivity contribution in [2.24, 2.45) is 0 Å². The lowest BCUT2D eigenvalue weighted by atomic mass is 10.2. The van der Waals surface area contributed by atoms with Crippen LogP contribution in [0.3, 0.4) is 0 Å². The fraction of sp³-hybridized carbons (Fsp3) is 0.143. The summed E-state index contributed by atoms with van der Waals surface area (Å²) in [6.07, 6.45) is -0.0499. The predicted molar refractivity (Wildman–Crippen MR) is 110 cm³/mol. The Morgan fingerprint density at radius 2 is 1.76 bits per heavy atom. The Morgan fingerprint density at radius 1 is 1.10 bits per heavy atom. The van der Waals surface area contributed by atoms with E-state index in [4.69, 9.17) is 4.74 Å². The molecule has 2 amide bonds. The number of anilines is 2. The summed E-state index contributed by atoms with van der Waals surface area (Å²) in [4.78, 5) is 26.7. The molecule has 0 radical (unpaired) electrons. The Balaban J connectivity index is 1.89. The van der Waals surface area contributed by atoms with Crippen LogP contribution in [0.5, 0.6) is 5.75 Å². The number of hydrogen-bond donors (Lipinski definition) is 1. The number of carbonyl (C=O) groups is 2. The fourth-order valence-corrected chi connectivity index (χ4v) is 3.94. The number of ether oxygens (including phenoxy) is 1. The van der Waals surface area contributed by atoms with Gasteiger partial charge in [0.15, 0.2) is 5.57 Å². The second-order valence-electron chi connectivity index (χ2n) is 5.97. The number of nitrogens with one attached hydrogen (secondary N) is 1. The standard InChI is InChI=1S/C21H16N4O3S/c1-28-17-10-6-5-9-16(17)25-19(26)11-18(21(25)27)29-20(14(12-22)13-23)24-15-7-3-2-4-8-15/h2-10,18,24H,11H2,1H3/t18-/m1/s1. The fourth-order valence-electron chi connectivity index (χ4n) is 2.84. The topological polar surface area (TPSA) is 106 Å². The molecule has 1 saturated heterocycles. The number of thioether (sulfide) groups is 1. The molecule has 1 heterocycles. The van der Waals surface area contributed by atoms with Crippen molar-refractivity contribution in [3.63, 3.8) is 0 Å². The lowest BCUT2D eigenvalue weighted by molar-refractivity contribution is -0.121. The maximum atomic E-state index is 13.0. The van der Waals surface area contributed by atoms with Gasteiger partial charge in [0.1, 0.15) is 22.9 Å². The molecule has 2 aromatic carbocycles. The van der Waals surface area contributed by atoms with E-state index in [1.54, 1.807) is 48.5 Å². The summed E-state index contributed by atoms with van der Waals surface area (Å²) < 4.78 is 5.26. The number of rotatable bonds is 6. The Bertz CT molecular complexity index is 1040. The molecule has 1 atom stereocenters. The molecular weight excluding hydrogens is 388 g/mol. The van der Waals surface area contributed by atoms with Crippen molar-refractivity contribution in [2.45, 2.75) is 11.7 Å². The second kappa shape index (κ2) is 8.96. The zero-order valence-electron chi connectivity index (χ0n) is 15.5. The molecule has 29 heavy (non-hydrogen) atoms. The van der Waals surface area contributed by atoms with Crippen molar-refractivity contribution in [3.05, 3.63) is 65.2 Å². The monoisotopic (exact) mass is 404 g/mol. The lowest BCUT2D eigenvalue weighted by Crippen LogP contribution is -2.31. The van der Waals surface area contributed by atoms with Gasteiger partial charge in [0.05, 0.1) is 18.0 Å². The number of carbonyl (C=O) groups excluding carboxylic acids is 2. The number of amides is 2. The van der Waals surface area contributed by atoms with Crippen molar-refractivity contribution in [1.29, 1.82) is 10.5 Å². The number of benzene rings is 2. The van der Waals surface area contributed by atoms with Crippen LogP contribution >= 0.6 is 11.8 Å². The number of nitrogens with zero attached hydrogens (tertiary/aromatic N) is 3. The van der Waals surface area contributed by atoms with E-state index in [9.17, 15) is 20.1 Å². The molecule has 8 heteroatoms. The number of hydrogen-bond acceptors (Lipinski definition) is 7. The van der Waals surface area contributed by atoms with Crippen molar-refractivity contribution in [1.82, 2.24) is 0 Å². The first-order valence-corrected chi connectivity index (χ1v) is 9.50. The number of imide groups is 1. The molecule has 0 aromatic heterocycles. The van der Waals surface area contributed by atoms with E-state index >= 15 is 0 Å². The van der Waals surface area contributed by atoms with Gasteiger partial charge in [-0.25, -0.2) is 4.90 Å². The first-order chi connectivity index (χ1) is 14.1. The SMILES string of the molecule is COc1ccccc1N1C(=O)C[C@@H](SC(Nc2ccccc2)=C(C#N)C#N)C1=O. The molecule has 0 bridgehead atoms. The number of methoxy groups -OCH3 is 1. The van der Waals surface area contributed by atoms with Crippen LogP contribution in [0.2, 0.25) is 0 Å². The molecular formula is C21H16N4O3S. The third-order valence-electron chi connectivity index (χ3n) is 4.17. The molecule has 0 unspecified atom stereocenters. The van der Waals surface area contributed by atoms with E-state index in [-0.39, 0.29) is 22.9 Å². The minimum absolute atomic E-state index is 0.0499. The quantitative estimate of drug-likeness (QED) is 0.581. The normalized spacial score (nSPS) is 15.4. The molecule has 2 aromatic rings. The zero-order valence-corrected chi connectivity index (χ0v) is 16.3. The van der Waals surface area contributed by atoms with Crippen molar-refractivity contribution < 1.29 is 14.3 Å². The highest BCUT2D eigenvalue weighted by Crippen LogP contribution is 2.38. The van der Waals surface area contributed by atoms with E-state index < -0.39 is 11.2 Å². The van der Waals surface area contributed by atoms with E-state index in [0.717, 1.165) is 16.7 Å². The van der Waals surface area contributed by atoms with Crippen molar-refractivity contribution in [3.8, 4) is 17.9 Å². The summed E-state index contributed by atoms with van der Waals surface area (Å²) in [6, 6.07) is 19.4. The second-order valence-corrected chi connectivity index (χ2v) is 7.18. The first kappa shape index (κ1) is 20.0. The smallest absolute Gasteiger partial charge is 0.247 e. The van der Waals surface area contributed by atoms with Crippen LogP contribution in [0.4, 0.5) is 11.4 Å². The Morgan fingerprint density at radius 3 is 2.41 bits per heavy atom. The van der Waals surface area contributed by atoms with Gasteiger partial charge in [-0.15, -0.1) is 0 Å². The molecule has 0 spiro atoms. The summed E-state index contributed by atoms with van der Waals surface area (Å²) in [5.41, 5.74) is 0.877. The average Bonchev–Trinajstić information content (AvgIpc) is 3.02. The molecule has 0 aliphatic carbocycles. The molecule has 7 nitrogen and oxygen atoms in total. The molecule has 1 fully saturated rings. The molecule has 1 aliphatic heterocycles. The average molecular weight is 404 g/mol. The Labute approximate surface area is 172 Å². The third kappa shape index (κ3) is 4.23. The minimum atomic E-state index is -0.768. The molecule has 3 rings (SSSR count). The van der Waals surface area contributed by atoms with Crippen LogP contribution in [-0.4, -0.2) is 24.2 Å². The van der Waals surface area contributed by atoms with Gasteiger partial charge >= 0.3 is 0 Å². The molecule has 1 N–H and O–H groups in total. The summed E-state index contributed by atoms with van der Waals surface area (Å²) in [5, 5.41) is 21.1. The predicted octanol–water partition coefficient (Wildman–Crippen LogP) is 3.43. The van der Waals surface area contributed by atoms with Crippen LogP contribution in [-0.2, 0) is 9.59 Å². The summed E-state index contributed by atoms with van der Waals surface area (Å²) in [5.74, 6) is -0.383. The van der Waals surface area contributed by atoms with E-state index in [1.165, 1.54) is 7.11 Å². The third-order valence-corrected chi connectivity index (χ3v) is 5.37. The highest BCUT2D eigenvalue weighted by Gasteiger charge is 2.42. The van der Waals surface area contributed by atoms with Gasteiger partial charge in [0.2, 0.25) is 11.8 Å². The molecule has 1 aliphatic rings. The number of nitriles is 2.